The Balaban J connectivity index is 2.62. The first-order valence-electron chi connectivity index (χ1n) is 5.47. The number of methoxy groups -OCH3 is 1. The first-order valence-corrected chi connectivity index (χ1v) is 5.85. The Labute approximate surface area is 102 Å². The molecule has 0 heterocycles. The van der Waals surface area contributed by atoms with Gasteiger partial charge in [-0.3, -0.25) is 0 Å². The molecule has 0 fully saturated rings. The summed E-state index contributed by atoms with van der Waals surface area (Å²) in [4.78, 5) is 0. The third-order valence-electron chi connectivity index (χ3n) is 2.48. The van der Waals surface area contributed by atoms with Gasteiger partial charge in [-0.15, -0.1) is 0 Å². The Morgan fingerprint density at radius 2 is 2.06 bits per heavy atom. The van der Waals surface area contributed by atoms with E-state index in [1.807, 2.05) is 32.0 Å². The Bertz CT molecular complexity index is 342. The lowest BCUT2D eigenvalue weighted by atomic mass is 9.99. The highest BCUT2D eigenvalue weighted by Crippen LogP contribution is 2.25. The predicted octanol–water partition coefficient (Wildman–Crippen LogP) is 3.44. The van der Waals surface area contributed by atoms with E-state index in [0.29, 0.717) is 0 Å². The van der Waals surface area contributed by atoms with Crippen LogP contribution >= 0.6 is 11.6 Å². The zero-order valence-electron chi connectivity index (χ0n) is 10.1. The van der Waals surface area contributed by atoms with Crippen LogP contribution in [0, 0.1) is 0 Å². The number of rotatable bonds is 5. The van der Waals surface area contributed by atoms with Crippen LogP contribution in [0.15, 0.2) is 18.2 Å². The highest BCUT2D eigenvalue weighted by atomic mass is 35.5. The number of halogens is 1. The van der Waals surface area contributed by atoms with E-state index in [9.17, 15) is 5.11 Å². The Morgan fingerprint density at radius 3 is 2.62 bits per heavy atom. The molecular formula is C13H19ClO2. The van der Waals surface area contributed by atoms with Crippen molar-refractivity contribution in [1.82, 2.24) is 0 Å². The molecule has 0 radical (unpaired) electrons. The highest BCUT2D eigenvalue weighted by Gasteiger charge is 2.12. The number of benzene rings is 1. The van der Waals surface area contributed by atoms with Crippen LogP contribution < -0.4 is 4.74 Å². The summed E-state index contributed by atoms with van der Waals surface area (Å²) in [6.07, 6.45) is 2.55. The molecule has 0 amide bonds. The van der Waals surface area contributed by atoms with E-state index >= 15 is 0 Å². The molecule has 0 aliphatic rings. The lowest BCUT2D eigenvalue weighted by molar-refractivity contribution is 0.0689. The summed E-state index contributed by atoms with van der Waals surface area (Å²) in [6.45, 7) is 3.64. The molecule has 1 N–H and O–H groups in total. The van der Waals surface area contributed by atoms with Crippen molar-refractivity contribution >= 4 is 11.6 Å². The maximum atomic E-state index is 9.62. The van der Waals surface area contributed by atoms with Gasteiger partial charge in [0.05, 0.1) is 12.7 Å². The van der Waals surface area contributed by atoms with Crippen molar-refractivity contribution in [2.45, 2.75) is 38.7 Å². The van der Waals surface area contributed by atoms with Gasteiger partial charge in [0.2, 0.25) is 0 Å². The van der Waals surface area contributed by atoms with Gasteiger partial charge in [0.25, 0.3) is 0 Å². The molecule has 0 atom stereocenters. The van der Waals surface area contributed by atoms with Crippen LogP contribution in [0.1, 0.15) is 32.3 Å². The van der Waals surface area contributed by atoms with Gasteiger partial charge in [-0.05, 0) is 56.9 Å². The maximum absolute atomic E-state index is 9.62. The van der Waals surface area contributed by atoms with Crippen LogP contribution in [0.5, 0.6) is 5.75 Å². The van der Waals surface area contributed by atoms with Gasteiger partial charge < -0.3 is 9.84 Å². The molecule has 90 valence electrons. The summed E-state index contributed by atoms with van der Waals surface area (Å²) < 4.78 is 5.26. The molecule has 0 aliphatic carbocycles. The molecule has 1 aromatic rings. The van der Waals surface area contributed by atoms with Crippen LogP contribution in [0.25, 0.3) is 0 Å². The molecule has 0 spiro atoms. The molecule has 3 heteroatoms. The average molecular weight is 243 g/mol. The van der Waals surface area contributed by atoms with E-state index in [4.69, 9.17) is 16.3 Å². The van der Waals surface area contributed by atoms with Crippen molar-refractivity contribution in [1.29, 1.82) is 0 Å². The molecule has 16 heavy (non-hydrogen) atoms. The quantitative estimate of drug-likeness (QED) is 0.857. The van der Waals surface area contributed by atoms with E-state index < -0.39 is 5.60 Å². The molecule has 0 saturated heterocycles. The minimum Gasteiger partial charge on any atom is -0.496 e. The van der Waals surface area contributed by atoms with Crippen molar-refractivity contribution in [3.63, 3.8) is 0 Å². The van der Waals surface area contributed by atoms with E-state index in [2.05, 4.69) is 0 Å². The van der Waals surface area contributed by atoms with E-state index in [1.165, 1.54) is 0 Å². The fourth-order valence-corrected chi connectivity index (χ4v) is 1.85. The van der Waals surface area contributed by atoms with E-state index in [-0.39, 0.29) is 0 Å². The number of aryl methyl sites for hydroxylation is 1. The summed E-state index contributed by atoms with van der Waals surface area (Å²) >= 11 is 5.94. The summed E-state index contributed by atoms with van der Waals surface area (Å²) in [5.41, 5.74) is 0.491. The lowest BCUT2D eigenvalue weighted by Gasteiger charge is -2.17. The molecule has 0 unspecified atom stereocenters. The zero-order chi connectivity index (χ0) is 12.2. The van der Waals surface area contributed by atoms with Crippen LogP contribution in [-0.4, -0.2) is 17.8 Å². The smallest absolute Gasteiger partial charge is 0.122 e. The van der Waals surface area contributed by atoms with Gasteiger partial charge in [0.1, 0.15) is 5.75 Å². The van der Waals surface area contributed by atoms with Crippen LogP contribution in [-0.2, 0) is 6.42 Å². The van der Waals surface area contributed by atoms with Gasteiger partial charge in [-0.25, -0.2) is 0 Å². The molecule has 0 saturated carbocycles. The summed E-state index contributed by atoms with van der Waals surface area (Å²) in [7, 11) is 1.66. The predicted molar refractivity (Wildman–Crippen MR) is 67.2 cm³/mol. The maximum Gasteiger partial charge on any atom is 0.122 e. The number of hydrogen-bond donors (Lipinski definition) is 1. The monoisotopic (exact) mass is 242 g/mol. The minimum absolute atomic E-state index is 0.605. The molecule has 0 aromatic heterocycles. The van der Waals surface area contributed by atoms with Gasteiger partial charge in [-0.2, -0.15) is 0 Å². The first-order chi connectivity index (χ1) is 7.42. The average Bonchev–Trinajstić information content (AvgIpc) is 2.16. The second-order valence-electron chi connectivity index (χ2n) is 4.62. The van der Waals surface area contributed by atoms with Crippen molar-refractivity contribution in [2.75, 3.05) is 7.11 Å². The zero-order valence-corrected chi connectivity index (χ0v) is 10.8. The van der Waals surface area contributed by atoms with Gasteiger partial charge >= 0.3 is 0 Å². The largest absolute Gasteiger partial charge is 0.496 e. The van der Waals surface area contributed by atoms with E-state index in [0.717, 1.165) is 35.6 Å². The molecule has 1 aromatic carbocycles. The van der Waals surface area contributed by atoms with E-state index in [1.54, 1.807) is 7.11 Å². The Hall–Kier alpha value is -0.730. The SMILES string of the molecule is COc1ccc(Cl)cc1CCCC(C)(C)O. The van der Waals surface area contributed by atoms with Crippen LogP contribution in [0.3, 0.4) is 0 Å². The third kappa shape index (κ3) is 4.42. The fourth-order valence-electron chi connectivity index (χ4n) is 1.65. The summed E-state index contributed by atoms with van der Waals surface area (Å²) in [5.74, 6) is 0.861. The van der Waals surface area contributed by atoms with Crippen molar-refractivity contribution in [3.8, 4) is 5.75 Å². The summed E-state index contributed by atoms with van der Waals surface area (Å²) in [6, 6.07) is 5.62. The Kier molecular flexibility index (Phi) is 4.63. The topological polar surface area (TPSA) is 29.5 Å². The third-order valence-corrected chi connectivity index (χ3v) is 2.71. The van der Waals surface area contributed by atoms with Crippen molar-refractivity contribution in [3.05, 3.63) is 28.8 Å². The first kappa shape index (κ1) is 13.3. The Morgan fingerprint density at radius 1 is 1.38 bits per heavy atom. The van der Waals surface area contributed by atoms with Gasteiger partial charge in [0.15, 0.2) is 0 Å². The van der Waals surface area contributed by atoms with Gasteiger partial charge in [0, 0.05) is 5.02 Å². The second kappa shape index (κ2) is 5.55. The number of aliphatic hydroxyl groups is 1. The van der Waals surface area contributed by atoms with Crippen LogP contribution in [0.4, 0.5) is 0 Å². The van der Waals surface area contributed by atoms with Crippen LogP contribution in [0.2, 0.25) is 5.02 Å². The normalized spacial score (nSPS) is 11.6. The number of ether oxygens (including phenoxy) is 1. The standard InChI is InChI=1S/C13H19ClO2/c1-13(2,15)8-4-5-10-9-11(14)6-7-12(10)16-3/h6-7,9,15H,4-5,8H2,1-3H3. The lowest BCUT2D eigenvalue weighted by Crippen LogP contribution is -2.18. The fraction of sp³-hybridized carbons (Fsp3) is 0.538. The number of hydrogen-bond acceptors (Lipinski definition) is 2. The summed E-state index contributed by atoms with van der Waals surface area (Å²) in [5, 5.41) is 10.3. The van der Waals surface area contributed by atoms with Gasteiger partial charge in [-0.1, -0.05) is 11.6 Å². The minimum atomic E-state index is -0.605. The highest BCUT2D eigenvalue weighted by molar-refractivity contribution is 6.30. The van der Waals surface area contributed by atoms with Crippen molar-refractivity contribution < 1.29 is 9.84 Å². The van der Waals surface area contributed by atoms with Crippen molar-refractivity contribution in [2.24, 2.45) is 0 Å². The molecular weight excluding hydrogens is 224 g/mol. The second-order valence-corrected chi connectivity index (χ2v) is 5.06. The molecule has 1 rings (SSSR count). The molecule has 0 aliphatic heterocycles. The molecule has 0 bridgehead atoms. The molecule has 2 nitrogen and oxygen atoms in total.